The molecule has 31 heavy (non-hydrogen) atoms. The van der Waals surface area contributed by atoms with Crippen LogP contribution in [0, 0.1) is 11.3 Å². The molecule has 0 bridgehead atoms. The van der Waals surface area contributed by atoms with Gasteiger partial charge in [-0.2, -0.15) is 5.26 Å². The quantitative estimate of drug-likeness (QED) is 0.666. The summed E-state index contributed by atoms with van der Waals surface area (Å²) in [6.45, 7) is 4.69. The number of aromatic nitrogens is 2. The highest BCUT2D eigenvalue weighted by atomic mass is 35.5. The van der Waals surface area contributed by atoms with E-state index in [1.165, 1.54) is 11.8 Å². The summed E-state index contributed by atoms with van der Waals surface area (Å²) < 4.78 is 10.0. The van der Waals surface area contributed by atoms with Crippen molar-refractivity contribution in [2.75, 3.05) is 16.8 Å². The number of esters is 1. The fraction of sp³-hybridized carbons (Fsp3) is 0.250. The maximum Gasteiger partial charge on any atom is 0.336 e. The van der Waals surface area contributed by atoms with Gasteiger partial charge in [-0.15, -0.1) is 0 Å². The highest BCUT2D eigenvalue weighted by Crippen LogP contribution is 2.45. The molecular weight excluding hydrogens is 424 g/mol. The van der Waals surface area contributed by atoms with E-state index in [-0.39, 0.29) is 35.2 Å². The molecule has 1 amide bonds. The zero-order chi connectivity index (χ0) is 22.7. The van der Waals surface area contributed by atoms with Gasteiger partial charge in [0.15, 0.2) is 0 Å². The molecular formula is C20H19ClN6O4. The van der Waals surface area contributed by atoms with Crippen LogP contribution in [0.15, 0.2) is 51.6 Å². The number of ether oxygens (including phenoxy) is 1. The van der Waals surface area contributed by atoms with Gasteiger partial charge < -0.3 is 15.8 Å². The Morgan fingerprint density at radius 1 is 1.39 bits per heavy atom. The standard InChI is InChI=1S/C20H19ClN6O4/c1-4-30-20(29)15-10(2)27(19-18(24-11(3)28)25-31-26-19)17(23)13(9-22)16(15)12-7-5-6-8-14(12)21/h5-8,16H,4,23H2,1-3H3,(H,24,25,28)/t16-/m0/s1. The van der Waals surface area contributed by atoms with Crippen molar-refractivity contribution in [3.8, 4) is 6.07 Å². The van der Waals surface area contributed by atoms with Crippen LogP contribution in [-0.2, 0) is 14.3 Å². The second-order valence-corrected chi connectivity index (χ2v) is 6.95. The molecule has 11 heteroatoms. The number of nitriles is 1. The SMILES string of the molecule is CCOC(=O)C1=C(C)N(c2nonc2NC(C)=O)C(N)=C(C#N)[C@@H]1c1ccccc1Cl. The number of carbonyl (C=O) groups is 2. The molecule has 0 aliphatic carbocycles. The summed E-state index contributed by atoms with van der Waals surface area (Å²) in [5.41, 5.74) is 7.41. The van der Waals surface area contributed by atoms with E-state index < -0.39 is 17.8 Å². The Hall–Kier alpha value is -3.84. The maximum atomic E-state index is 13.0. The first-order valence-corrected chi connectivity index (χ1v) is 9.61. The molecule has 1 aromatic carbocycles. The van der Waals surface area contributed by atoms with Gasteiger partial charge in [-0.25, -0.2) is 9.42 Å². The number of nitrogens with two attached hydrogens (primary N) is 1. The summed E-state index contributed by atoms with van der Waals surface area (Å²) in [7, 11) is 0. The molecule has 1 aromatic heterocycles. The molecule has 3 N–H and O–H groups in total. The Morgan fingerprint density at radius 3 is 2.71 bits per heavy atom. The minimum Gasteiger partial charge on any atom is -0.463 e. The van der Waals surface area contributed by atoms with E-state index in [2.05, 4.69) is 21.7 Å². The van der Waals surface area contributed by atoms with Crippen LogP contribution in [0.4, 0.5) is 11.6 Å². The predicted octanol–water partition coefficient (Wildman–Crippen LogP) is 2.82. The van der Waals surface area contributed by atoms with Crippen molar-refractivity contribution in [3.05, 3.63) is 57.5 Å². The lowest BCUT2D eigenvalue weighted by Gasteiger charge is -2.34. The molecule has 0 saturated carbocycles. The Labute approximate surface area is 182 Å². The van der Waals surface area contributed by atoms with Crippen molar-refractivity contribution >= 4 is 35.1 Å². The summed E-state index contributed by atoms with van der Waals surface area (Å²) in [5, 5.41) is 20.3. The zero-order valence-corrected chi connectivity index (χ0v) is 17.7. The lowest BCUT2D eigenvalue weighted by Crippen LogP contribution is -2.37. The summed E-state index contributed by atoms with van der Waals surface area (Å²) in [6, 6.07) is 8.92. The van der Waals surface area contributed by atoms with E-state index >= 15 is 0 Å². The number of halogens is 1. The van der Waals surface area contributed by atoms with Crippen molar-refractivity contribution in [3.63, 3.8) is 0 Å². The Morgan fingerprint density at radius 2 is 2.10 bits per heavy atom. The lowest BCUT2D eigenvalue weighted by atomic mass is 9.81. The third-order valence-corrected chi connectivity index (χ3v) is 4.97. The topological polar surface area (TPSA) is 147 Å². The van der Waals surface area contributed by atoms with E-state index in [0.29, 0.717) is 16.3 Å². The van der Waals surface area contributed by atoms with Gasteiger partial charge in [0.25, 0.3) is 0 Å². The average Bonchev–Trinajstić information content (AvgIpc) is 3.15. The Bertz CT molecular complexity index is 1150. The molecule has 2 heterocycles. The van der Waals surface area contributed by atoms with E-state index in [1.54, 1.807) is 38.1 Å². The zero-order valence-electron chi connectivity index (χ0n) is 17.0. The third kappa shape index (κ3) is 3.95. The number of amides is 1. The van der Waals surface area contributed by atoms with Crippen molar-refractivity contribution in [1.29, 1.82) is 5.26 Å². The molecule has 0 fully saturated rings. The van der Waals surface area contributed by atoms with Gasteiger partial charge in [-0.05, 0) is 35.8 Å². The second kappa shape index (κ2) is 8.89. The van der Waals surface area contributed by atoms with E-state index in [0.717, 1.165) is 0 Å². The summed E-state index contributed by atoms with van der Waals surface area (Å²) in [5.74, 6) is -1.95. The highest BCUT2D eigenvalue weighted by molar-refractivity contribution is 6.31. The van der Waals surface area contributed by atoms with Crippen LogP contribution < -0.4 is 16.0 Å². The lowest BCUT2D eigenvalue weighted by molar-refractivity contribution is -0.138. The summed E-state index contributed by atoms with van der Waals surface area (Å²) in [6.07, 6.45) is 0. The monoisotopic (exact) mass is 442 g/mol. The van der Waals surface area contributed by atoms with E-state index in [9.17, 15) is 14.9 Å². The largest absolute Gasteiger partial charge is 0.463 e. The number of hydrogen-bond donors (Lipinski definition) is 2. The molecule has 1 atom stereocenters. The van der Waals surface area contributed by atoms with Gasteiger partial charge in [0.2, 0.25) is 17.5 Å². The van der Waals surface area contributed by atoms with Crippen LogP contribution in [0.3, 0.4) is 0 Å². The molecule has 3 rings (SSSR count). The molecule has 0 saturated heterocycles. The first-order valence-electron chi connectivity index (χ1n) is 9.24. The minimum absolute atomic E-state index is 0.0114. The summed E-state index contributed by atoms with van der Waals surface area (Å²) >= 11 is 6.39. The molecule has 1 aliphatic heterocycles. The highest BCUT2D eigenvalue weighted by Gasteiger charge is 2.40. The number of nitrogens with one attached hydrogen (secondary N) is 1. The number of nitrogens with zero attached hydrogens (tertiary/aromatic N) is 4. The number of hydrogen-bond acceptors (Lipinski definition) is 9. The van der Waals surface area contributed by atoms with Crippen LogP contribution in [0.25, 0.3) is 0 Å². The van der Waals surface area contributed by atoms with E-state index in [1.807, 2.05) is 0 Å². The van der Waals surface area contributed by atoms with Crippen LogP contribution in [0.2, 0.25) is 5.02 Å². The molecule has 0 spiro atoms. The van der Waals surface area contributed by atoms with Crippen molar-refractivity contribution in [1.82, 2.24) is 10.3 Å². The number of allylic oxidation sites excluding steroid dienone is 2. The van der Waals surface area contributed by atoms with Gasteiger partial charge >= 0.3 is 5.97 Å². The number of benzene rings is 1. The first kappa shape index (κ1) is 21.9. The van der Waals surface area contributed by atoms with Gasteiger partial charge in [0.05, 0.1) is 29.7 Å². The summed E-state index contributed by atoms with van der Waals surface area (Å²) in [4.78, 5) is 25.8. The number of carbonyl (C=O) groups excluding carboxylic acids is 2. The molecule has 2 aromatic rings. The van der Waals surface area contributed by atoms with Crippen molar-refractivity contribution in [2.24, 2.45) is 5.73 Å². The fourth-order valence-corrected chi connectivity index (χ4v) is 3.63. The predicted molar refractivity (Wildman–Crippen MR) is 111 cm³/mol. The van der Waals surface area contributed by atoms with Gasteiger partial charge in [0, 0.05) is 17.6 Å². The third-order valence-electron chi connectivity index (χ3n) is 4.63. The van der Waals surface area contributed by atoms with Gasteiger partial charge in [-0.3, -0.25) is 9.69 Å². The van der Waals surface area contributed by atoms with Crippen LogP contribution >= 0.6 is 11.6 Å². The van der Waals surface area contributed by atoms with Gasteiger partial charge in [-0.1, -0.05) is 29.8 Å². The maximum absolute atomic E-state index is 13.0. The van der Waals surface area contributed by atoms with Crippen molar-refractivity contribution < 1.29 is 19.0 Å². The first-order chi connectivity index (χ1) is 14.8. The average molecular weight is 443 g/mol. The Balaban J connectivity index is 2.29. The molecule has 0 unspecified atom stereocenters. The fourth-order valence-electron chi connectivity index (χ4n) is 3.39. The second-order valence-electron chi connectivity index (χ2n) is 6.54. The number of rotatable bonds is 5. The number of anilines is 2. The van der Waals surface area contributed by atoms with E-state index in [4.69, 9.17) is 26.7 Å². The molecule has 160 valence electrons. The smallest absolute Gasteiger partial charge is 0.336 e. The van der Waals surface area contributed by atoms with Crippen LogP contribution in [-0.4, -0.2) is 28.8 Å². The minimum atomic E-state index is -0.863. The van der Waals surface area contributed by atoms with Crippen LogP contribution in [0.5, 0.6) is 0 Å². The van der Waals surface area contributed by atoms with Crippen molar-refractivity contribution in [2.45, 2.75) is 26.7 Å². The van der Waals surface area contributed by atoms with Gasteiger partial charge in [0.1, 0.15) is 5.82 Å². The normalized spacial score (nSPS) is 16.2. The molecule has 1 aliphatic rings. The Kier molecular flexibility index (Phi) is 6.27. The van der Waals surface area contributed by atoms with Crippen LogP contribution in [0.1, 0.15) is 32.3 Å². The molecule has 10 nitrogen and oxygen atoms in total. The molecule has 0 radical (unpaired) electrons.